The minimum absolute atomic E-state index is 0.000107. The highest BCUT2D eigenvalue weighted by atomic mass is 19.1. The van der Waals surface area contributed by atoms with Gasteiger partial charge in [-0.05, 0) is 92.8 Å². The Balaban J connectivity index is 1.51. The average Bonchev–Trinajstić information content (AvgIpc) is 1.56. The van der Waals surface area contributed by atoms with Crippen molar-refractivity contribution in [1.82, 2.24) is 30.2 Å². The normalized spacial score (nSPS) is 17.4. The highest BCUT2D eigenvalue weighted by molar-refractivity contribution is 6.12. The van der Waals surface area contributed by atoms with Crippen molar-refractivity contribution in [1.29, 1.82) is 0 Å². The largest absolute Gasteiger partial charge is 0.508 e. The molecular formula is C73H108FN7O17. The number of amides is 7. The number of nitrogens with two attached hydrogens (primary N) is 1. The van der Waals surface area contributed by atoms with Crippen LogP contribution in [0.25, 0.3) is 0 Å². The van der Waals surface area contributed by atoms with E-state index in [9.17, 15) is 57.1 Å². The maximum absolute atomic E-state index is 15.1. The zero-order chi connectivity index (χ0) is 73.2. The number of likely N-dealkylation sites (tertiary alicyclic amines) is 1. The van der Waals surface area contributed by atoms with Gasteiger partial charge in [0.2, 0.25) is 29.5 Å². The fraction of sp³-hybridized carbons (Fsp3) is 0.644. The first kappa shape index (κ1) is 82.7. The third-order valence-corrected chi connectivity index (χ3v) is 18.9. The molecule has 1 saturated heterocycles. The second-order valence-electron chi connectivity index (χ2n) is 27.4. The van der Waals surface area contributed by atoms with Crippen molar-refractivity contribution in [3.8, 4) is 5.75 Å². The average molecular weight is 1370 g/mol. The molecule has 98 heavy (non-hydrogen) atoms. The summed E-state index contributed by atoms with van der Waals surface area (Å²) in [6.07, 6.45) is 1.52. The summed E-state index contributed by atoms with van der Waals surface area (Å²) >= 11 is 0. The Hall–Kier alpha value is -7.77. The van der Waals surface area contributed by atoms with E-state index in [0.29, 0.717) is 49.7 Å². The van der Waals surface area contributed by atoms with Crippen LogP contribution in [0, 0.1) is 47.2 Å². The monoisotopic (exact) mass is 1370 g/mol. The molecule has 0 radical (unpaired) electrons. The van der Waals surface area contributed by atoms with Gasteiger partial charge in [0.15, 0.2) is 28.9 Å². The van der Waals surface area contributed by atoms with Crippen LogP contribution in [-0.4, -0.2) is 195 Å². The second-order valence-corrected chi connectivity index (χ2v) is 27.4. The number of rotatable bonds is 44. The molecule has 0 aliphatic carbocycles. The molecule has 4 rings (SSSR count). The molecule has 2 aliphatic heterocycles. The number of unbranched alkanes of at least 4 members (excludes halogenated alkanes) is 3. The molecule has 0 aromatic heterocycles. The fourth-order valence-corrected chi connectivity index (χ4v) is 13.1. The van der Waals surface area contributed by atoms with E-state index in [-0.39, 0.29) is 141 Å². The molecule has 0 unspecified atom stereocenters. The Bertz CT molecular complexity index is 3070. The predicted octanol–water partition coefficient (Wildman–Crippen LogP) is 7.56. The zero-order valence-corrected chi connectivity index (χ0v) is 60.2. The molecule has 544 valence electrons. The first-order valence-corrected chi connectivity index (χ1v) is 34.3. The molecule has 0 spiro atoms. The Labute approximate surface area is 577 Å². The molecule has 2 heterocycles. The van der Waals surface area contributed by atoms with Crippen molar-refractivity contribution in [3.05, 3.63) is 77.1 Å². The number of hydrogen-bond donors (Lipinski definition) is 3. The number of methoxy groups -OCH3 is 3. The number of ether oxygens (including phenoxy) is 5. The number of halogens is 1. The highest BCUT2D eigenvalue weighted by Crippen LogP contribution is 2.33. The van der Waals surface area contributed by atoms with E-state index in [1.807, 2.05) is 74.4 Å². The van der Waals surface area contributed by atoms with E-state index in [2.05, 4.69) is 10.6 Å². The third-order valence-electron chi connectivity index (χ3n) is 18.9. The van der Waals surface area contributed by atoms with Gasteiger partial charge in [-0.15, -0.1) is 0 Å². The number of primary amides is 1. The van der Waals surface area contributed by atoms with Crippen LogP contribution < -0.4 is 21.1 Å². The van der Waals surface area contributed by atoms with Crippen LogP contribution in [0.4, 0.5) is 9.18 Å². The molecule has 2 aromatic carbocycles. The van der Waals surface area contributed by atoms with E-state index >= 15 is 4.79 Å². The SMILES string of the molecule is CC[C@H](C)[C@@H]([C@@H](CC(=O)N1C[C@@H](OC(=O)OCc2ccc(CC(=O)[C@H](CCCCC(N)=O)NC(=O)[C@@H](CC(=O)CCCCCN3C(=O)C=CC3=O)C(C)C)cc2)C[C@H]1[C@H](OC)[C@@H](C)C(=O)NCC(=O)c1ccc(OC)c(F)c1)OC)N(C)C(=O)[C@@H](CC(=O)[C@H](C(C)C)N(C)C)C(C)C. The summed E-state index contributed by atoms with van der Waals surface area (Å²) in [5.41, 5.74) is 6.48. The van der Waals surface area contributed by atoms with E-state index in [4.69, 9.17) is 29.4 Å². The van der Waals surface area contributed by atoms with Crippen LogP contribution in [0.3, 0.4) is 0 Å². The number of carbonyl (C=O) groups is 12. The van der Waals surface area contributed by atoms with Crippen LogP contribution in [0.2, 0.25) is 0 Å². The van der Waals surface area contributed by atoms with Crippen LogP contribution in [-0.2, 0) is 79.9 Å². The van der Waals surface area contributed by atoms with Gasteiger partial charge in [-0.2, -0.15) is 0 Å². The minimum Gasteiger partial charge on any atom is -0.494 e. The molecule has 11 atom stereocenters. The topological polar surface area (TPSA) is 314 Å². The number of nitrogens with zero attached hydrogens (tertiary/aromatic N) is 4. The van der Waals surface area contributed by atoms with E-state index < -0.39 is 108 Å². The van der Waals surface area contributed by atoms with E-state index in [0.717, 1.165) is 11.0 Å². The predicted molar refractivity (Wildman–Crippen MR) is 364 cm³/mol. The van der Waals surface area contributed by atoms with Crippen molar-refractivity contribution in [2.75, 3.05) is 62.1 Å². The maximum atomic E-state index is 15.1. The Morgan fingerprint density at radius 1 is 0.724 bits per heavy atom. The van der Waals surface area contributed by atoms with Crippen molar-refractivity contribution in [3.63, 3.8) is 0 Å². The van der Waals surface area contributed by atoms with Crippen LogP contribution in [0.5, 0.6) is 5.75 Å². The van der Waals surface area contributed by atoms with Gasteiger partial charge >= 0.3 is 6.16 Å². The van der Waals surface area contributed by atoms with Gasteiger partial charge in [0.1, 0.15) is 18.5 Å². The third kappa shape index (κ3) is 24.6. The van der Waals surface area contributed by atoms with E-state index in [1.54, 1.807) is 43.1 Å². The van der Waals surface area contributed by atoms with Crippen molar-refractivity contribution in [2.45, 2.75) is 201 Å². The maximum Gasteiger partial charge on any atom is 0.508 e. The number of ketones is 4. The molecule has 24 nitrogen and oxygen atoms in total. The van der Waals surface area contributed by atoms with Gasteiger partial charge in [0.05, 0.1) is 68.9 Å². The lowest BCUT2D eigenvalue weighted by molar-refractivity contribution is -0.149. The zero-order valence-electron chi connectivity index (χ0n) is 60.2. The number of Topliss-reactive ketones (excluding diaryl/α,β-unsaturated/α-hetero) is 4. The summed E-state index contributed by atoms with van der Waals surface area (Å²) in [6.45, 7) is 16.2. The molecule has 1 fully saturated rings. The first-order valence-electron chi connectivity index (χ1n) is 34.3. The van der Waals surface area contributed by atoms with Crippen LogP contribution >= 0.6 is 0 Å². The number of nitrogens with one attached hydrogen (secondary N) is 2. The summed E-state index contributed by atoms with van der Waals surface area (Å²) < 4.78 is 43.2. The van der Waals surface area contributed by atoms with Gasteiger partial charge in [0, 0.05) is 95.9 Å². The first-order chi connectivity index (χ1) is 46.3. The summed E-state index contributed by atoms with van der Waals surface area (Å²) in [7, 11) is 9.45. The van der Waals surface area contributed by atoms with Crippen molar-refractivity contribution >= 4 is 70.6 Å². The molecule has 0 saturated carbocycles. The van der Waals surface area contributed by atoms with Gasteiger partial charge in [0.25, 0.3) is 11.8 Å². The Morgan fingerprint density at radius 3 is 1.92 bits per heavy atom. The number of likely N-dealkylation sites (N-methyl/N-ethyl adjacent to an activating group) is 2. The highest BCUT2D eigenvalue weighted by Gasteiger charge is 2.47. The second kappa shape index (κ2) is 40.3. The lowest BCUT2D eigenvalue weighted by Gasteiger charge is -2.41. The number of benzene rings is 2. The molecule has 2 aliphatic rings. The van der Waals surface area contributed by atoms with Gasteiger partial charge in [-0.1, -0.05) is 106 Å². The molecule has 25 heteroatoms. The van der Waals surface area contributed by atoms with Gasteiger partial charge < -0.3 is 49.9 Å². The molecule has 7 amide bonds. The molecule has 4 N–H and O–H groups in total. The smallest absolute Gasteiger partial charge is 0.494 e. The van der Waals surface area contributed by atoms with Gasteiger partial charge in [-0.3, -0.25) is 62.5 Å². The minimum atomic E-state index is -1.08. The number of imide groups is 1. The van der Waals surface area contributed by atoms with Gasteiger partial charge in [-0.25, -0.2) is 9.18 Å². The Kier molecular flexibility index (Phi) is 34.0. The van der Waals surface area contributed by atoms with Crippen LogP contribution in [0.15, 0.2) is 54.6 Å². The quantitative estimate of drug-likeness (QED) is 0.0249. The summed E-state index contributed by atoms with van der Waals surface area (Å²) in [4.78, 5) is 167. The number of carbonyl (C=O) groups excluding carboxylic acids is 12. The summed E-state index contributed by atoms with van der Waals surface area (Å²) in [5, 5.41) is 5.51. The molecule has 2 aromatic rings. The Morgan fingerprint density at radius 2 is 1.36 bits per heavy atom. The lowest BCUT2D eigenvalue weighted by atomic mass is 9.83. The fourth-order valence-electron chi connectivity index (χ4n) is 13.1. The molecular weight excluding hydrogens is 1270 g/mol. The summed E-state index contributed by atoms with van der Waals surface area (Å²) in [6, 6.07) is 7.40. The van der Waals surface area contributed by atoms with Crippen molar-refractivity contribution in [2.24, 2.45) is 47.2 Å². The molecule has 0 bridgehead atoms. The van der Waals surface area contributed by atoms with Crippen molar-refractivity contribution < 1.29 is 85.6 Å². The summed E-state index contributed by atoms with van der Waals surface area (Å²) in [5.74, 6) is -8.07. The number of hydrogen-bond acceptors (Lipinski definition) is 18. The van der Waals surface area contributed by atoms with E-state index in [1.165, 1.54) is 50.5 Å². The lowest BCUT2D eigenvalue weighted by Crippen LogP contribution is -2.54. The van der Waals surface area contributed by atoms with Crippen LogP contribution in [0.1, 0.15) is 167 Å². The standard InChI is InChI=1S/C73H108FN7O17/c1-16-46(8)68(79(12)72(92)54(44(4)5)38-59(84)67(45(6)7)78(10)11)62(95-14)39-66(89)81-41-52(37-57(81)69(96-15)47(9)70(90)76-40-60(85)50-29-30-61(94-13)55(74)35-50)98-73(93)97-42-49-27-25-48(26-28-49)34-58(83)56(23-19-20-24-63(75)86)77-71(91)53(43(2)3)36-51(82)22-18-17-21-33-80-64(87)31-32-65(80)88/h25-32,35,43-47,52-54,56-57,62,67-69H,16-24,33-34,36-42H2,1-15H3,(H2,75,86)(H,76,90)(H,77,91)/t46-,47+,52-,53-,54-,56-,57-,62+,67-,68-,69+/m0/s1.